The minimum atomic E-state index is -0.352. The lowest BCUT2D eigenvalue weighted by molar-refractivity contribution is 0.0796. The summed E-state index contributed by atoms with van der Waals surface area (Å²) >= 11 is 0. The van der Waals surface area contributed by atoms with E-state index in [9.17, 15) is 9.59 Å². The van der Waals surface area contributed by atoms with Gasteiger partial charge in [0.05, 0.1) is 0 Å². The number of para-hydroxylation sites is 1. The van der Waals surface area contributed by atoms with E-state index in [-0.39, 0.29) is 17.5 Å². The fourth-order valence-electron chi connectivity index (χ4n) is 2.57. The van der Waals surface area contributed by atoms with E-state index in [1.807, 2.05) is 30.3 Å². The van der Waals surface area contributed by atoms with Crippen molar-refractivity contribution < 1.29 is 9.59 Å². The lowest BCUT2D eigenvalue weighted by Crippen LogP contribution is -2.29. The minimum absolute atomic E-state index is 0.153. The van der Waals surface area contributed by atoms with Gasteiger partial charge in [-0.2, -0.15) is 0 Å². The van der Waals surface area contributed by atoms with Gasteiger partial charge in [0.25, 0.3) is 11.8 Å². The van der Waals surface area contributed by atoms with Gasteiger partial charge in [0, 0.05) is 43.4 Å². The van der Waals surface area contributed by atoms with Crippen molar-refractivity contribution in [3.63, 3.8) is 0 Å². The average Bonchev–Trinajstić information content (AvgIpc) is 2.73. The van der Waals surface area contributed by atoms with Gasteiger partial charge in [0.1, 0.15) is 5.69 Å². The average molecular weight is 360 g/mol. The number of nitrogens with one attached hydrogen (secondary N) is 1. The Hall–Kier alpha value is -3.54. The summed E-state index contributed by atoms with van der Waals surface area (Å²) in [5, 5.41) is 2.77. The summed E-state index contributed by atoms with van der Waals surface area (Å²) in [5.74, 6) is -0.504. The Morgan fingerprint density at radius 2 is 1.74 bits per heavy atom. The highest BCUT2D eigenvalue weighted by Crippen LogP contribution is 2.10. The van der Waals surface area contributed by atoms with Crippen molar-refractivity contribution in [3.05, 3.63) is 90.0 Å². The number of rotatable bonds is 6. The number of nitrogens with zero attached hydrogens (tertiary/aromatic N) is 3. The maximum Gasteiger partial charge on any atom is 0.274 e. The number of hydrogen-bond acceptors (Lipinski definition) is 4. The summed E-state index contributed by atoms with van der Waals surface area (Å²) in [6.07, 6.45) is 5.68. The number of benzene rings is 1. The van der Waals surface area contributed by atoms with Crippen LogP contribution in [0, 0.1) is 0 Å². The molecule has 0 aliphatic rings. The normalized spacial score (nSPS) is 10.3. The molecular formula is C21H20N4O2. The third-order valence-corrected chi connectivity index (χ3v) is 4.10. The van der Waals surface area contributed by atoms with E-state index in [4.69, 9.17) is 0 Å². The van der Waals surface area contributed by atoms with Crippen LogP contribution < -0.4 is 5.32 Å². The van der Waals surface area contributed by atoms with Crippen LogP contribution in [0.5, 0.6) is 0 Å². The Labute approximate surface area is 157 Å². The molecule has 2 aromatic heterocycles. The van der Waals surface area contributed by atoms with E-state index in [1.54, 1.807) is 42.5 Å². The third-order valence-electron chi connectivity index (χ3n) is 4.10. The number of pyridine rings is 2. The van der Waals surface area contributed by atoms with Crippen LogP contribution in [-0.4, -0.2) is 40.3 Å². The zero-order valence-electron chi connectivity index (χ0n) is 15.0. The van der Waals surface area contributed by atoms with Crippen molar-refractivity contribution in [2.45, 2.75) is 6.42 Å². The van der Waals surface area contributed by atoms with Crippen LogP contribution in [-0.2, 0) is 6.42 Å². The largest absolute Gasteiger partial charge is 0.341 e. The lowest BCUT2D eigenvalue weighted by Gasteiger charge is -2.17. The van der Waals surface area contributed by atoms with Crippen LogP contribution in [0.2, 0.25) is 0 Å². The van der Waals surface area contributed by atoms with Gasteiger partial charge in [-0.1, -0.05) is 18.2 Å². The lowest BCUT2D eigenvalue weighted by atomic mass is 10.1. The van der Waals surface area contributed by atoms with Crippen LogP contribution in [0.25, 0.3) is 0 Å². The van der Waals surface area contributed by atoms with E-state index in [1.165, 1.54) is 12.3 Å². The van der Waals surface area contributed by atoms with Crippen molar-refractivity contribution in [2.24, 2.45) is 0 Å². The van der Waals surface area contributed by atoms with E-state index >= 15 is 0 Å². The maximum atomic E-state index is 12.7. The quantitative estimate of drug-likeness (QED) is 0.733. The van der Waals surface area contributed by atoms with Crippen LogP contribution in [0.15, 0.2) is 73.2 Å². The molecule has 136 valence electrons. The van der Waals surface area contributed by atoms with Crippen LogP contribution >= 0.6 is 0 Å². The van der Waals surface area contributed by atoms with Crippen molar-refractivity contribution in [3.8, 4) is 0 Å². The predicted octanol–water partition coefficient (Wildman–Crippen LogP) is 3.04. The second-order valence-corrected chi connectivity index (χ2v) is 6.08. The smallest absolute Gasteiger partial charge is 0.274 e. The number of carbonyl (C=O) groups is 2. The number of anilines is 1. The zero-order valence-corrected chi connectivity index (χ0v) is 15.0. The van der Waals surface area contributed by atoms with E-state index in [0.717, 1.165) is 12.0 Å². The highest BCUT2D eigenvalue weighted by molar-refractivity contribution is 6.04. The molecule has 2 heterocycles. The van der Waals surface area contributed by atoms with Gasteiger partial charge in [0.2, 0.25) is 0 Å². The standard InChI is InChI=1S/C21H20N4O2/c1-25(14-10-16-7-11-22-12-8-16)21(27)17-9-13-23-19(15-17)20(26)24-18-5-3-2-4-6-18/h2-9,11-13,15H,10,14H2,1H3,(H,24,26). The van der Waals surface area contributed by atoms with Crippen molar-refractivity contribution >= 4 is 17.5 Å². The molecule has 0 aliphatic heterocycles. The number of carbonyl (C=O) groups excluding carboxylic acids is 2. The monoisotopic (exact) mass is 360 g/mol. The topological polar surface area (TPSA) is 75.2 Å². The van der Waals surface area contributed by atoms with Gasteiger partial charge in [0.15, 0.2) is 0 Å². The van der Waals surface area contributed by atoms with Gasteiger partial charge < -0.3 is 10.2 Å². The predicted molar refractivity (Wildman–Crippen MR) is 104 cm³/mol. The summed E-state index contributed by atoms with van der Waals surface area (Å²) < 4.78 is 0. The van der Waals surface area contributed by atoms with Crippen molar-refractivity contribution in [2.75, 3.05) is 18.9 Å². The molecule has 0 atom stereocenters. The molecule has 1 aromatic carbocycles. The Bertz CT molecular complexity index is 914. The Morgan fingerprint density at radius 1 is 1.00 bits per heavy atom. The first-order chi connectivity index (χ1) is 13.1. The maximum absolute atomic E-state index is 12.7. The number of aromatic nitrogens is 2. The second kappa shape index (κ2) is 8.71. The summed E-state index contributed by atoms with van der Waals surface area (Å²) in [6.45, 7) is 0.566. The molecule has 1 N–H and O–H groups in total. The summed E-state index contributed by atoms with van der Waals surface area (Å²) in [7, 11) is 1.74. The fourth-order valence-corrected chi connectivity index (χ4v) is 2.57. The molecule has 0 unspecified atom stereocenters. The first-order valence-electron chi connectivity index (χ1n) is 8.60. The summed E-state index contributed by atoms with van der Waals surface area (Å²) in [5.41, 5.74) is 2.42. The number of hydrogen-bond donors (Lipinski definition) is 1. The molecular weight excluding hydrogens is 340 g/mol. The Morgan fingerprint density at radius 3 is 2.48 bits per heavy atom. The first-order valence-corrected chi connectivity index (χ1v) is 8.60. The zero-order chi connectivity index (χ0) is 19.1. The van der Waals surface area contributed by atoms with E-state index in [0.29, 0.717) is 17.8 Å². The fraction of sp³-hybridized carbons (Fsp3) is 0.143. The van der Waals surface area contributed by atoms with Gasteiger partial charge in [-0.25, -0.2) is 0 Å². The molecule has 3 aromatic rings. The molecule has 6 nitrogen and oxygen atoms in total. The molecule has 0 saturated carbocycles. The van der Waals surface area contributed by atoms with Gasteiger partial charge in [-0.05, 0) is 48.4 Å². The molecule has 6 heteroatoms. The first kappa shape index (κ1) is 18.3. The Kier molecular flexibility index (Phi) is 5.89. The Balaban J connectivity index is 1.65. The molecule has 0 radical (unpaired) electrons. The summed E-state index contributed by atoms with van der Waals surface area (Å²) in [6, 6.07) is 16.1. The molecule has 0 spiro atoms. The molecule has 2 amide bonds. The third kappa shape index (κ3) is 4.98. The van der Waals surface area contributed by atoms with Crippen molar-refractivity contribution in [1.82, 2.24) is 14.9 Å². The van der Waals surface area contributed by atoms with Crippen LogP contribution in [0.1, 0.15) is 26.4 Å². The molecule has 0 fully saturated rings. The SMILES string of the molecule is CN(CCc1ccncc1)C(=O)c1ccnc(C(=O)Nc2ccccc2)c1. The van der Waals surface area contributed by atoms with Crippen LogP contribution in [0.4, 0.5) is 5.69 Å². The minimum Gasteiger partial charge on any atom is -0.341 e. The highest BCUT2D eigenvalue weighted by atomic mass is 16.2. The number of amides is 2. The van der Waals surface area contributed by atoms with E-state index in [2.05, 4.69) is 15.3 Å². The molecule has 0 saturated heterocycles. The molecule has 27 heavy (non-hydrogen) atoms. The highest BCUT2D eigenvalue weighted by Gasteiger charge is 2.15. The molecule has 3 rings (SSSR count). The molecule has 0 bridgehead atoms. The van der Waals surface area contributed by atoms with Gasteiger partial charge in [-0.3, -0.25) is 19.6 Å². The van der Waals surface area contributed by atoms with Gasteiger partial charge in [-0.15, -0.1) is 0 Å². The van der Waals surface area contributed by atoms with Gasteiger partial charge >= 0.3 is 0 Å². The molecule has 0 aliphatic carbocycles. The van der Waals surface area contributed by atoms with E-state index < -0.39 is 0 Å². The second-order valence-electron chi connectivity index (χ2n) is 6.08. The van der Waals surface area contributed by atoms with Crippen molar-refractivity contribution in [1.29, 1.82) is 0 Å². The van der Waals surface area contributed by atoms with Crippen LogP contribution in [0.3, 0.4) is 0 Å². The summed E-state index contributed by atoms with van der Waals surface area (Å²) in [4.78, 5) is 34.7. The number of likely N-dealkylation sites (N-methyl/N-ethyl adjacent to an activating group) is 1.